The molecule has 5 nitrogen and oxygen atoms in total. The molecule has 96 valence electrons. The average molecular weight is 313 g/mol. The number of carbonyl (C=O) groups is 2. The molecule has 6 heteroatoms. The summed E-state index contributed by atoms with van der Waals surface area (Å²) in [5, 5.41) is 0. The van der Waals surface area contributed by atoms with Crippen molar-refractivity contribution < 1.29 is 14.3 Å². The van der Waals surface area contributed by atoms with E-state index in [-0.39, 0.29) is 11.9 Å². The second-order valence-corrected chi connectivity index (χ2v) is 4.86. The van der Waals surface area contributed by atoms with Gasteiger partial charge in [0.2, 0.25) is 0 Å². The van der Waals surface area contributed by atoms with Crippen LogP contribution < -0.4 is 0 Å². The van der Waals surface area contributed by atoms with E-state index in [0.717, 1.165) is 6.42 Å². The first-order chi connectivity index (χ1) is 8.63. The van der Waals surface area contributed by atoms with Gasteiger partial charge in [-0.05, 0) is 40.9 Å². The lowest BCUT2D eigenvalue weighted by molar-refractivity contribution is -0.145. The van der Waals surface area contributed by atoms with Crippen molar-refractivity contribution in [3.05, 3.63) is 28.5 Å². The van der Waals surface area contributed by atoms with Crippen LogP contribution in [0.4, 0.5) is 0 Å². The lowest BCUT2D eigenvalue weighted by Gasteiger charge is -2.22. The summed E-state index contributed by atoms with van der Waals surface area (Å²) in [4.78, 5) is 29.4. The highest BCUT2D eigenvalue weighted by atomic mass is 79.9. The molecule has 2 rings (SSSR count). The van der Waals surface area contributed by atoms with Gasteiger partial charge in [-0.1, -0.05) is 0 Å². The summed E-state index contributed by atoms with van der Waals surface area (Å²) in [6.45, 7) is 0.582. The zero-order valence-electron chi connectivity index (χ0n) is 9.93. The fourth-order valence-electron chi connectivity index (χ4n) is 2.09. The third kappa shape index (κ3) is 2.53. The summed E-state index contributed by atoms with van der Waals surface area (Å²) < 4.78 is 5.32. The van der Waals surface area contributed by atoms with Gasteiger partial charge in [0.15, 0.2) is 0 Å². The minimum absolute atomic E-state index is 0.161. The molecule has 1 unspecified atom stereocenters. The molecule has 1 aliphatic rings. The number of pyridine rings is 1. The number of esters is 1. The van der Waals surface area contributed by atoms with Crippen LogP contribution >= 0.6 is 15.9 Å². The number of hydrogen-bond donors (Lipinski definition) is 0. The molecule has 0 aromatic carbocycles. The Bertz CT molecular complexity index is 478. The Morgan fingerprint density at radius 2 is 2.33 bits per heavy atom. The number of carbonyl (C=O) groups excluding carboxylic acids is 2. The van der Waals surface area contributed by atoms with Crippen molar-refractivity contribution in [1.29, 1.82) is 0 Å². The van der Waals surface area contributed by atoms with Crippen LogP contribution in [-0.4, -0.2) is 41.5 Å². The maximum absolute atomic E-state index is 12.3. The molecule has 1 aromatic heterocycles. The summed E-state index contributed by atoms with van der Waals surface area (Å²) in [5.74, 6) is -0.514. The molecule has 0 N–H and O–H groups in total. The molecule has 2 heterocycles. The fourth-order valence-corrected chi connectivity index (χ4v) is 2.46. The number of methoxy groups -OCH3 is 1. The van der Waals surface area contributed by atoms with Crippen LogP contribution in [0.2, 0.25) is 0 Å². The standard InChI is InChI=1S/C12H13BrN2O3/c1-18-12(17)9-3-2-6-15(9)11(16)8-4-5-14-10(13)7-8/h4-5,7,9H,2-3,6H2,1H3. The first-order valence-corrected chi connectivity index (χ1v) is 6.43. The molecule has 0 saturated carbocycles. The molecule has 1 atom stereocenters. The molecule has 0 aliphatic carbocycles. The Hall–Kier alpha value is -1.43. The lowest BCUT2D eigenvalue weighted by atomic mass is 10.2. The number of nitrogens with zero attached hydrogens (tertiary/aromatic N) is 2. The zero-order valence-corrected chi connectivity index (χ0v) is 11.5. The minimum Gasteiger partial charge on any atom is -0.467 e. The van der Waals surface area contributed by atoms with Crippen LogP contribution in [0.15, 0.2) is 22.9 Å². The summed E-state index contributed by atoms with van der Waals surface area (Å²) in [7, 11) is 1.34. The number of hydrogen-bond acceptors (Lipinski definition) is 4. The van der Waals surface area contributed by atoms with E-state index in [9.17, 15) is 9.59 Å². The third-order valence-electron chi connectivity index (χ3n) is 2.96. The summed E-state index contributed by atoms with van der Waals surface area (Å²) in [6, 6.07) is 2.82. The Labute approximate surface area is 113 Å². The van der Waals surface area contributed by atoms with Gasteiger partial charge >= 0.3 is 5.97 Å². The smallest absolute Gasteiger partial charge is 0.328 e. The third-order valence-corrected chi connectivity index (χ3v) is 3.39. The number of amides is 1. The SMILES string of the molecule is COC(=O)C1CCCN1C(=O)c1ccnc(Br)c1. The molecular formula is C12H13BrN2O3. The zero-order chi connectivity index (χ0) is 13.1. The second kappa shape index (κ2) is 5.48. The van der Waals surface area contributed by atoms with Crippen molar-refractivity contribution in [1.82, 2.24) is 9.88 Å². The van der Waals surface area contributed by atoms with Gasteiger partial charge in [0.25, 0.3) is 5.91 Å². The lowest BCUT2D eigenvalue weighted by Crippen LogP contribution is -2.41. The molecule has 1 amide bonds. The van der Waals surface area contributed by atoms with Gasteiger partial charge in [-0.15, -0.1) is 0 Å². The number of likely N-dealkylation sites (tertiary alicyclic amines) is 1. The molecule has 1 fully saturated rings. The van der Waals surface area contributed by atoms with Crippen molar-refractivity contribution >= 4 is 27.8 Å². The van der Waals surface area contributed by atoms with E-state index in [0.29, 0.717) is 23.1 Å². The monoisotopic (exact) mass is 312 g/mol. The van der Waals surface area contributed by atoms with E-state index in [1.165, 1.54) is 7.11 Å². The predicted molar refractivity (Wildman–Crippen MR) is 68.0 cm³/mol. The normalized spacial score (nSPS) is 18.8. The Morgan fingerprint density at radius 1 is 1.56 bits per heavy atom. The molecule has 0 bridgehead atoms. The van der Waals surface area contributed by atoms with Gasteiger partial charge in [-0.2, -0.15) is 0 Å². The maximum Gasteiger partial charge on any atom is 0.328 e. The van der Waals surface area contributed by atoms with Gasteiger partial charge in [0.1, 0.15) is 10.6 Å². The number of ether oxygens (including phenoxy) is 1. The molecule has 1 aliphatic heterocycles. The Balaban J connectivity index is 2.20. The van der Waals surface area contributed by atoms with E-state index in [1.807, 2.05) is 0 Å². The number of aromatic nitrogens is 1. The summed E-state index contributed by atoms with van der Waals surface area (Å²) in [5.41, 5.74) is 0.521. The van der Waals surface area contributed by atoms with Crippen molar-refractivity contribution in [2.24, 2.45) is 0 Å². The van der Waals surface area contributed by atoms with E-state index < -0.39 is 6.04 Å². The van der Waals surface area contributed by atoms with Gasteiger partial charge in [0.05, 0.1) is 7.11 Å². The Kier molecular flexibility index (Phi) is 3.96. The van der Waals surface area contributed by atoms with E-state index in [1.54, 1.807) is 23.2 Å². The van der Waals surface area contributed by atoms with Crippen molar-refractivity contribution in [2.75, 3.05) is 13.7 Å². The van der Waals surface area contributed by atoms with Crippen LogP contribution in [-0.2, 0) is 9.53 Å². The number of rotatable bonds is 2. The van der Waals surface area contributed by atoms with Crippen molar-refractivity contribution in [2.45, 2.75) is 18.9 Å². The largest absolute Gasteiger partial charge is 0.467 e. The molecule has 0 radical (unpaired) electrons. The predicted octanol–water partition coefficient (Wildman–Crippen LogP) is 1.62. The van der Waals surface area contributed by atoms with Crippen LogP contribution in [0.5, 0.6) is 0 Å². The van der Waals surface area contributed by atoms with Crippen LogP contribution in [0.1, 0.15) is 23.2 Å². The van der Waals surface area contributed by atoms with E-state index >= 15 is 0 Å². The maximum atomic E-state index is 12.3. The van der Waals surface area contributed by atoms with Crippen LogP contribution in [0, 0.1) is 0 Å². The van der Waals surface area contributed by atoms with Crippen molar-refractivity contribution in [3.63, 3.8) is 0 Å². The van der Waals surface area contributed by atoms with Crippen LogP contribution in [0.3, 0.4) is 0 Å². The van der Waals surface area contributed by atoms with Gasteiger partial charge in [-0.3, -0.25) is 4.79 Å². The fraction of sp³-hybridized carbons (Fsp3) is 0.417. The summed E-state index contributed by atoms with van der Waals surface area (Å²) >= 11 is 3.22. The minimum atomic E-state index is -0.463. The molecular weight excluding hydrogens is 300 g/mol. The molecule has 18 heavy (non-hydrogen) atoms. The molecule has 0 spiro atoms. The second-order valence-electron chi connectivity index (χ2n) is 4.05. The van der Waals surface area contributed by atoms with E-state index in [4.69, 9.17) is 4.74 Å². The van der Waals surface area contributed by atoms with Gasteiger partial charge in [0, 0.05) is 18.3 Å². The highest BCUT2D eigenvalue weighted by Gasteiger charge is 2.35. The van der Waals surface area contributed by atoms with Crippen molar-refractivity contribution in [3.8, 4) is 0 Å². The topological polar surface area (TPSA) is 59.5 Å². The number of halogens is 1. The van der Waals surface area contributed by atoms with Crippen LogP contribution in [0.25, 0.3) is 0 Å². The quantitative estimate of drug-likeness (QED) is 0.615. The average Bonchev–Trinajstić information content (AvgIpc) is 2.86. The first kappa shape index (κ1) is 13.0. The summed E-state index contributed by atoms with van der Waals surface area (Å²) in [6.07, 6.45) is 3.03. The first-order valence-electron chi connectivity index (χ1n) is 5.64. The van der Waals surface area contributed by atoms with Gasteiger partial charge < -0.3 is 9.64 Å². The highest BCUT2D eigenvalue weighted by molar-refractivity contribution is 9.10. The molecule has 1 saturated heterocycles. The highest BCUT2D eigenvalue weighted by Crippen LogP contribution is 2.21. The van der Waals surface area contributed by atoms with Gasteiger partial charge in [-0.25, -0.2) is 9.78 Å². The van der Waals surface area contributed by atoms with E-state index in [2.05, 4.69) is 20.9 Å². The Morgan fingerprint density at radius 3 is 3.00 bits per heavy atom. The molecule has 1 aromatic rings.